The van der Waals surface area contributed by atoms with Crippen molar-refractivity contribution in [3.8, 4) is 5.75 Å². The van der Waals surface area contributed by atoms with Crippen molar-refractivity contribution < 1.29 is 47.6 Å². The largest absolute Gasteiger partial charge is 0.463 e. The van der Waals surface area contributed by atoms with Crippen molar-refractivity contribution in [2.24, 2.45) is 0 Å². The third-order valence-electron chi connectivity index (χ3n) is 4.68. The number of carbonyl (C=O) groups excluding carboxylic acids is 4. The maximum Gasteiger partial charge on any atom is 0.303 e. The Hall–Kier alpha value is -3.14. The molecular weight excluding hydrogens is 424 g/mol. The molecule has 1 aromatic carbocycles. The lowest BCUT2D eigenvalue weighted by molar-refractivity contribution is -0.288. The first-order valence-corrected chi connectivity index (χ1v) is 10.0. The molecule has 0 saturated carbocycles. The molecule has 5 unspecified atom stereocenters. The Morgan fingerprint density at radius 1 is 0.781 bits per heavy atom. The van der Waals surface area contributed by atoms with E-state index in [1.54, 1.807) is 12.1 Å². The van der Waals surface area contributed by atoms with Crippen LogP contribution in [0.15, 0.2) is 18.2 Å². The highest BCUT2D eigenvalue weighted by Crippen LogP contribution is 2.31. The van der Waals surface area contributed by atoms with Gasteiger partial charge in [0, 0.05) is 27.7 Å². The summed E-state index contributed by atoms with van der Waals surface area (Å²) < 4.78 is 32.9. The molecule has 0 amide bonds. The van der Waals surface area contributed by atoms with Crippen LogP contribution in [0.3, 0.4) is 0 Å². The van der Waals surface area contributed by atoms with Gasteiger partial charge in [-0.2, -0.15) is 0 Å². The van der Waals surface area contributed by atoms with Crippen LogP contribution in [0.25, 0.3) is 0 Å². The van der Waals surface area contributed by atoms with Gasteiger partial charge < -0.3 is 28.4 Å². The SMILES string of the molecule is CC(=O)OCC1OC(Oc2ccc(C)c(C)c2)C(OC(C)=O)C(OC(C)=O)C1OC(C)=O. The fourth-order valence-electron chi connectivity index (χ4n) is 3.20. The van der Waals surface area contributed by atoms with E-state index in [2.05, 4.69) is 0 Å². The summed E-state index contributed by atoms with van der Waals surface area (Å²) in [6.07, 6.45) is -6.07. The number of esters is 4. The third-order valence-corrected chi connectivity index (χ3v) is 4.68. The van der Waals surface area contributed by atoms with Crippen molar-refractivity contribution in [1.82, 2.24) is 0 Å². The molecular formula is C22H28O10. The minimum absolute atomic E-state index is 0.315. The molecule has 0 spiro atoms. The number of ether oxygens (including phenoxy) is 6. The lowest BCUT2D eigenvalue weighted by Gasteiger charge is -2.43. The average Bonchev–Trinajstić information content (AvgIpc) is 2.66. The fourth-order valence-corrected chi connectivity index (χ4v) is 3.20. The lowest BCUT2D eigenvalue weighted by atomic mass is 9.98. The van der Waals surface area contributed by atoms with E-state index >= 15 is 0 Å². The summed E-state index contributed by atoms with van der Waals surface area (Å²) in [6, 6.07) is 5.32. The molecule has 1 aliphatic rings. The molecule has 1 fully saturated rings. The summed E-state index contributed by atoms with van der Waals surface area (Å²) in [7, 11) is 0. The first-order valence-electron chi connectivity index (χ1n) is 10.0. The number of aryl methyl sites for hydroxylation is 2. The van der Waals surface area contributed by atoms with Crippen molar-refractivity contribution >= 4 is 23.9 Å². The zero-order chi connectivity index (χ0) is 24.0. The number of benzene rings is 1. The highest BCUT2D eigenvalue weighted by molar-refractivity contribution is 5.68. The molecule has 2 rings (SSSR count). The molecule has 10 nitrogen and oxygen atoms in total. The van der Waals surface area contributed by atoms with Gasteiger partial charge in [-0.1, -0.05) is 6.07 Å². The highest BCUT2D eigenvalue weighted by atomic mass is 16.7. The van der Waals surface area contributed by atoms with Gasteiger partial charge in [-0.05, 0) is 37.1 Å². The summed E-state index contributed by atoms with van der Waals surface area (Å²) in [4.78, 5) is 46.7. The Morgan fingerprint density at radius 3 is 1.88 bits per heavy atom. The van der Waals surface area contributed by atoms with Gasteiger partial charge in [0.05, 0.1) is 0 Å². The molecule has 5 atom stereocenters. The van der Waals surface area contributed by atoms with Gasteiger partial charge in [-0.25, -0.2) is 0 Å². The standard InChI is InChI=1S/C22H28O10/c1-11-7-8-17(9-12(11)2)31-22-21(30-16(6)26)20(29-15(5)25)19(28-14(4)24)18(32-22)10-27-13(3)23/h7-9,18-22H,10H2,1-6H3. The van der Waals surface area contributed by atoms with Crippen molar-refractivity contribution in [2.75, 3.05) is 6.61 Å². The summed E-state index contributed by atoms with van der Waals surface area (Å²) in [6.45, 7) is 8.21. The predicted molar refractivity (Wildman–Crippen MR) is 109 cm³/mol. The second-order valence-corrected chi connectivity index (χ2v) is 7.43. The van der Waals surface area contributed by atoms with Crippen LogP contribution in [-0.2, 0) is 42.9 Å². The van der Waals surface area contributed by atoms with Crippen LogP contribution in [0.2, 0.25) is 0 Å². The number of hydrogen-bond acceptors (Lipinski definition) is 10. The van der Waals surface area contributed by atoms with E-state index in [0.29, 0.717) is 5.75 Å². The van der Waals surface area contributed by atoms with Gasteiger partial charge in [-0.15, -0.1) is 0 Å². The maximum absolute atomic E-state index is 11.8. The molecule has 0 radical (unpaired) electrons. The van der Waals surface area contributed by atoms with E-state index in [1.165, 1.54) is 13.8 Å². The molecule has 176 valence electrons. The van der Waals surface area contributed by atoms with Crippen LogP contribution in [0.5, 0.6) is 5.75 Å². The molecule has 0 bridgehead atoms. The second-order valence-electron chi connectivity index (χ2n) is 7.43. The van der Waals surface area contributed by atoms with Crippen LogP contribution in [0.4, 0.5) is 0 Å². The van der Waals surface area contributed by atoms with Crippen molar-refractivity contribution in [2.45, 2.75) is 72.2 Å². The van der Waals surface area contributed by atoms with Crippen LogP contribution >= 0.6 is 0 Å². The first kappa shape index (κ1) is 25.1. The Balaban J connectivity index is 2.46. The molecule has 1 aromatic rings. The van der Waals surface area contributed by atoms with Gasteiger partial charge >= 0.3 is 23.9 Å². The van der Waals surface area contributed by atoms with Crippen LogP contribution in [-0.4, -0.2) is 61.2 Å². The van der Waals surface area contributed by atoms with E-state index < -0.39 is 54.6 Å². The van der Waals surface area contributed by atoms with Gasteiger partial charge in [-0.3, -0.25) is 19.2 Å². The van der Waals surface area contributed by atoms with Crippen molar-refractivity contribution in [3.63, 3.8) is 0 Å². The second kappa shape index (κ2) is 10.9. The fraction of sp³-hybridized carbons (Fsp3) is 0.545. The smallest absolute Gasteiger partial charge is 0.303 e. The lowest BCUT2D eigenvalue weighted by Crippen LogP contribution is -2.63. The van der Waals surface area contributed by atoms with Gasteiger partial charge in [0.15, 0.2) is 12.2 Å². The molecule has 1 saturated heterocycles. The van der Waals surface area contributed by atoms with E-state index in [-0.39, 0.29) is 6.61 Å². The normalized spacial score (nSPS) is 24.8. The topological polar surface area (TPSA) is 124 Å². The number of carbonyl (C=O) groups is 4. The van der Waals surface area contributed by atoms with Crippen LogP contribution in [0, 0.1) is 13.8 Å². The predicted octanol–water partition coefficient (Wildman–Crippen LogP) is 1.77. The molecule has 10 heteroatoms. The third kappa shape index (κ3) is 6.94. The Labute approximate surface area is 186 Å². The Bertz CT molecular complexity index is 864. The Kier molecular flexibility index (Phi) is 8.59. The molecule has 32 heavy (non-hydrogen) atoms. The molecule has 1 aliphatic heterocycles. The maximum atomic E-state index is 11.8. The quantitative estimate of drug-likeness (QED) is 0.446. The van der Waals surface area contributed by atoms with E-state index in [0.717, 1.165) is 25.0 Å². The molecule has 1 heterocycles. The zero-order valence-electron chi connectivity index (χ0n) is 18.9. The minimum atomic E-state index is -1.27. The average molecular weight is 452 g/mol. The van der Waals surface area contributed by atoms with Crippen molar-refractivity contribution in [3.05, 3.63) is 29.3 Å². The Morgan fingerprint density at radius 2 is 1.34 bits per heavy atom. The van der Waals surface area contributed by atoms with Crippen LogP contribution < -0.4 is 4.74 Å². The van der Waals surface area contributed by atoms with E-state index in [1.807, 2.05) is 19.9 Å². The van der Waals surface area contributed by atoms with Crippen LogP contribution in [0.1, 0.15) is 38.8 Å². The van der Waals surface area contributed by atoms with E-state index in [4.69, 9.17) is 28.4 Å². The summed E-state index contributed by atoms with van der Waals surface area (Å²) in [5.74, 6) is -2.27. The summed E-state index contributed by atoms with van der Waals surface area (Å²) >= 11 is 0. The number of hydrogen-bond donors (Lipinski definition) is 0. The highest BCUT2D eigenvalue weighted by Gasteiger charge is 2.53. The molecule has 0 aromatic heterocycles. The van der Waals surface area contributed by atoms with Crippen molar-refractivity contribution in [1.29, 1.82) is 0 Å². The minimum Gasteiger partial charge on any atom is -0.463 e. The number of rotatable bonds is 7. The summed E-state index contributed by atoms with van der Waals surface area (Å²) in [5.41, 5.74) is 1.99. The van der Waals surface area contributed by atoms with Gasteiger partial charge in [0.1, 0.15) is 18.5 Å². The first-order chi connectivity index (χ1) is 15.0. The zero-order valence-corrected chi connectivity index (χ0v) is 18.9. The summed E-state index contributed by atoms with van der Waals surface area (Å²) in [5, 5.41) is 0. The van der Waals surface area contributed by atoms with Gasteiger partial charge in [0.2, 0.25) is 12.4 Å². The molecule has 0 aliphatic carbocycles. The molecule has 0 N–H and O–H groups in total. The van der Waals surface area contributed by atoms with Gasteiger partial charge in [0.25, 0.3) is 0 Å². The monoisotopic (exact) mass is 452 g/mol. The van der Waals surface area contributed by atoms with E-state index in [9.17, 15) is 19.2 Å².